The van der Waals surface area contributed by atoms with Crippen molar-refractivity contribution in [1.29, 1.82) is 5.41 Å². The highest BCUT2D eigenvalue weighted by Gasteiger charge is 2.20. The number of benzene rings is 2. The minimum Gasteiger partial charge on any atom is -0.384 e. The minimum atomic E-state index is -0.217. The third kappa shape index (κ3) is 6.30. The Balaban J connectivity index is 0.00000300. The molecule has 8 heteroatoms. The summed E-state index contributed by atoms with van der Waals surface area (Å²) in [5.74, 6) is -0.255. The van der Waals surface area contributed by atoms with Gasteiger partial charge in [-0.15, -0.1) is 12.4 Å². The second-order valence-electron chi connectivity index (χ2n) is 6.82. The number of amidine groups is 1. The molecule has 5 N–H and O–H groups in total. The molecule has 3 rings (SSSR count). The van der Waals surface area contributed by atoms with Gasteiger partial charge in [0.1, 0.15) is 5.84 Å². The SMILES string of the molecule is Cl.N=C(N)c1ccc(CNCC(=O)NCC(=O)N2CCc3ccccc3C2)cc1. The standard InChI is InChI=1S/C21H25N5O2.ClH/c22-21(23)17-7-5-15(6-8-17)11-24-12-19(27)25-13-20(28)26-10-9-16-3-1-2-4-18(16)14-26;/h1-8,24H,9-14H2,(H3,22,23)(H,25,27);1H. The molecular formula is C21H26ClN5O2. The van der Waals surface area contributed by atoms with E-state index in [-0.39, 0.29) is 43.1 Å². The third-order valence-electron chi connectivity index (χ3n) is 4.80. The van der Waals surface area contributed by atoms with Crippen LogP contribution in [0.3, 0.4) is 0 Å². The van der Waals surface area contributed by atoms with Crippen LogP contribution in [0.4, 0.5) is 0 Å². The molecule has 2 amide bonds. The van der Waals surface area contributed by atoms with Gasteiger partial charge in [0.2, 0.25) is 11.8 Å². The molecule has 0 radical (unpaired) electrons. The number of hydrogen-bond donors (Lipinski definition) is 4. The lowest BCUT2D eigenvalue weighted by molar-refractivity contribution is -0.133. The summed E-state index contributed by atoms with van der Waals surface area (Å²) < 4.78 is 0. The third-order valence-corrected chi connectivity index (χ3v) is 4.80. The molecule has 1 heterocycles. The normalized spacial score (nSPS) is 12.5. The molecule has 0 fully saturated rings. The monoisotopic (exact) mass is 415 g/mol. The largest absolute Gasteiger partial charge is 0.384 e. The lowest BCUT2D eigenvalue weighted by Gasteiger charge is -2.29. The van der Waals surface area contributed by atoms with Crippen molar-refractivity contribution in [3.05, 3.63) is 70.8 Å². The van der Waals surface area contributed by atoms with E-state index in [1.165, 1.54) is 11.1 Å². The molecule has 29 heavy (non-hydrogen) atoms. The van der Waals surface area contributed by atoms with E-state index in [1.807, 2.05) is 30.3 Å². The molecule has 0 atom stereocenters. The quantitative estimate of drug-likeness (QED) is 0.402. The fourth-order valence-corrected chi connectivity index (χ4v) is 3.18. The first-order valence-electron chi connectivity index (χ1n) is 9.28. The van der Waals surface area contributed by atoms with Crippen molar-refractivity contribution >= 4 is 30.1 Å². The summed E-state index contributed by atoms with van der Waals surface area (Å²) in [5.41, 5.74) is 9.54. The number of hydrogen-bond acceptors (Lipinski definition) is 4. The van der Waals surface area contributed by atoms with E-state index >= 15 is 0 Å². The summed E-state index contributed by atoms with van der Waals surface area (Å²) in [6.07, 6.45) is 0.847. The maximum atomic E-state index is 12.4. The van der Waals surface area contributed by atoms with Gasteiger partial charge >= 0.3 is 0 Å². The van der Waals surface area contributed by atoms with Crippen LogP contribution >= 0.6 is 12.4 Å². The average Bonchev–Trinajstić information content (AvgIpc) is 2.72. The van der Waals surface area contributed by atoms with Crippen molar-refractivity contribution < 1.29 is 9.59 Å². The Bertz CT molecular complexity index is 870. The van der Waals surface area contributed by atoms with Crippen molar-refractivity contribution in [2.75, 3.05) is 19.6 Å². The van der Waals surface area contributed by atoms with Crippen LogP contribution in [0.5, 0.6) is 0 Å². The van der Waals surface area contributed by atoms with Gasteiger partial charge in [-0.1, -0.05) is 48.5 Å². The summed E-state index contributed by atoms with van der Waals surface area (Å²) in [4.78, 5) is 26.1. The highest BCUT2D eigenvalue weighted by atomic mass is 35.5. The van der Waals surface area contributed by atoms with Gasteiger partial charge in [-0.3, -0.25) is 15.0 Å². The van der Waals surface area contributed by atoms with Crippen LogP contribution in [-0.2, 0) is 29.1 Å². The fourth-order valence-electron chi connectivity index (χ4n) is 3.18. The van der Waals surface area contributed by atoms with Crippen LogP contribution < -0.4 is 16.4 Å². The van der Waals surface area contributed by atoms with Crippen molar-refractivity contribution in [2.45, 2.75) is 19.5 Å². The van der Waals surface area contributed by atoms with Crippen molar-refractivity contribution in [2.24, 2.45) is 5.73 Å². The van der Waals surface area contributed by atoms with E-state index in [2.05, 4.69) is 16.7 Å². The van der Waals surface area contributed by atoms with Gasteiger partial charge in [-0.2, -0.15) is 0 Å². The second-order valence-corrected chi connectivity index (χ2v) is 6.82. The van der Waals surface area contributed by atoms with E-state index in [9.17, 15) is 9.59 Å². The van der Waals surface area contributed by atoms with Crippen LogP contribution in [-0.4, -0.2) is 42.2 Å². The molecule has 1 aliphatic rings. The predicted octanol–water partition coefficient (Wildman–Crippen LogP) is 1.18. The lowest BCUT2D eigenvalue weighted by atomic mass is 10.00. The molecule has 0 unspecified atom stereocenters. The highest BCUT2D eigenvalue weighted by molar-refractivity contribution is 5.94. The molecule has 0 aromatic heterocycles. The van der Waals surface area contributed by atoms with E-state index in [4.69, 9.17) is 11.1 Å². The van der Waals surface area contributed by atoms with Gasteiger partial charge in [0.15, 0.2) is 0 Å². The number of halogens is 1. The first-order valence-corrected chi connectivity index (χ1v) is 9.28. The number of nitrogens with zero attached hydrogens (tertiary/aromatic N) is 1. The highest BCUT2D eigenvalue weighted by Crippen LogP contribution is 2.18. The van der Waals surface area contributed by atoms with E-state index in [0.717, 1.165) is 12.0 Å². The van der Waals surface area contributed by atoms with Gasteiger partial charge in [-0.25, -0.2) is 0 Å². The first-order chi connectivity index (χ1) is 13.5. The van der Waals surface area contributed by atoms with Gasteiger partial charge < -0.3 is 21.3 Å². The fraction of sp³-hybridized carbons (Fsp3) is 0.286. The summed E-state index contributed by atoms with van der Waals surface area (Å²) >= 11 is 0. The molecule has 7 nitrogen and oxygen atoms in total. The summed E-state index contributed by atoms with van der Waals surface area (Å²) in [5, 5.41) is 13.1. The number of nitrogens with one attached hydrogen (secondary N) is 3. The van der Waals surface area contributed by atoms with Gasteiger partial charge in [0.25, 0.3) is 0 Å². The molecule has 2 aromatic carbocycles. The molecule has 0 spiro atoms. The number of carbonyl (C=O) groups excluding carboxylic acids is 2. The van der Waals surface area contributed by atoms with Crippen LogP contribution in [0.25, 0.3) is 0 Å². The number of fused-ring (bicyclic) bond motifs is 1. The van der Waals surface area contributed by atoms with E-state index < -0.39 is 0 Å². The summed E-state index contributed by atoms with van der Waals surface area (Å²) in [6.45, 7) is 1.93. The van der Waals surface area contributed by atoms with Gasteiger partial charge in [0.05, 0.1) is 13.1 Å². The topological polar surface area (TPSA) is 111 Å². The first kappa shape index (κ1) is 22.4. The summed E-state index contributed by atoms with van der Waals surface area (Å²) in [7, 11) is 0. The lowest BCUT2D eigenvalue weighted by Crippen LogP contribution is -2.44. The Kier molecular flexibility index (Phi) is 8.18. The molecule has 0 saturated heterocycles. The molecule has 2 aromatic rings. The van der Waals surface area contributed by atoms with Gasteiger partial charge in [-0.05, 0) is 23.1 Å². The van der Waals surface area contributed by atoms with E-state index in [0.29, 0.717) is 25.2 Å². The van der Waals surface area contributed by atoms with Crippen molar-refractivity contribution in [3.8, 4) is 0 Å². The van der Waals surface area contributed by atoms with E-state index in [1.54, 1.807) is 17.0 Å². The number of nitrogens with two attached hydrogens (primary N) is 1. The Morgan fingerprint density at radius 1 is 1.03 bits per heavy atom. The Morgan fingerprint density at radius 3 is 2.41 bits per heavy atom. The second kappa shape index (κ2) is 10.6. The molecule has 154 valence electrons. The maximum absolute atomic E-state index is 12.4. The van der Waals surface area contributed by atoms with Crippen LogP contribution in [0.15, 0.2) is 48.5 Å². The zero-order chi connectivity index (χ0) is 19.9. The molecule has 0 saturated carbocycles. The molecule has 0 bridgehead atoms. The molecular weight excluding hydrogens is 390 g/mol. The van der Waals surface area contributed by atoms with Crippen LogP contribution in [0.1, 0.15) is 22.3 Å². The number of amides is 2. The zero-order valence-electron chi connectivity index (χ0n) is 16.1. The number of carbonyl (C=O) groups is 2. The zero-order valence-corrected chi connectivity index (χ0v) is 16.9. The average molecular weight is 416 g/mol. The number of nitrogen functional groups attached to an aromatic ring is 1. The van der Waals surface area contributed by atoms with Gasteiger partial charge in [0, 0.05) is 25.2 Å². The maximum Gasteiger partial charge on any atom is 0.242 e. The minimum absolute atomic E-state index is 0. The predicted molar refractivity (Wildman–Crippen MR) is 115 cm³/mol. The Hall–Kier alpha value is -2.90. The Labute approximate surface area is 176 Å². The molecule has 1 aliphatic heterocycles. The van der Waals surface area contributed by atoms with Crippen molar-refractivity contribution in [3.63, 3.8) is 0 Å². The van der Waals surface area contributed by atoms with Crippen molar-refractivity contribution in [1.82, 2.24) is 15.5 Å². The molecule has 0 aliphatic carbocycles. The van der Waals surface area contributed by atoms with Crippen LogP contribution in [0, 0.1) is 5.41 Å². The summed E-state index contributed by atoms with van der Waals surface area (Å²) in [6, 6.07) is 15.4. The smallest absolute Gasteiger partial charge is 0.242 e. The van der Waals surface area contributed by atoms with Crippen LogP contribution in [0.2, 0.25) is 0 Å². The Morgan fingerprint density at radius 2 is 1.72 bits per heavy atom. The number of rotatable bonds is 7.